The van der Waals surface area contributed by atoms with E-state index in [0.717, 1.165) is 16.7 Å². The summed E-state index contributed by atoms with van der Waals surface area (Å²) in [7, 11) is 2.52. The van der Waals surface area contributed by atoms with Gasteiger partial charge >= 0.3 is 11.9 Å². The summed E-state index contributed by atoms with van der Waals surface area (Å²) in [5, 5.41) is 0. The molecule has 0 aliphatic carbocycles. The first-order valence-corrected chi connectivity index (χ1v) is 11.2. The van der Waals surface area contributed by atoms with Gasteiger partial charge in [0.1, 0.15) is 11.2 Å². The molecule has 0 saturated heterocycles. The normalized spacial score (nSPS) is 13.1. The molecule has 7 nitrogen and oxygen atoms in total. The van der Waals surface area contributed by atoms with Gasteiger partial charge in [-0.1, -0.05) is 48.5 Å². The lowest BCUT2D eigenvalue weighted by atomic mass is 10.0. The molecule has 0 unspecified atom stereocenters. The van der Waals surface area contributed by atoms with Gasteiger partial charge in [-0.2, -0.15) is 0 Å². The minimum atomic E-state index is -0.675. The monoisotopic (exact) mass is 478 g/mol. The first-order chi connectivity index (χ1) is 17.6. The first-order valence-electron chi connectivity index (χ1n) is 11.2. The number of carbonyl (C=O) groups excluding carboxylic acids is 2. The van der Waals surface area contributed by atoms with Gasteiger partial charge in [-0.25, -0.2) is 14.6 Å². The van der Waals surface area contributed by atoms with Crippen molar-refractivity contribution in [3.05, 3.63) is 108 Å². The molecule has 0 N–H and O–H groups in total. The number of carbonyl (C=O) groups is 2. The molecule has 0 spiro atoms. The number of oxazole rings is 1. The SMILES string of the molecule is COC(=O)C1=C(C(=O)OC)N(c2ccc3oc(-c4ccc(-c5ccccc5)cc4)nc3c2)C=CC=C1. The molecular formula is C29H22N2O5. The lowest BCUT2D eigenvalue weighted by Crippen LogP contribution is -2.26. The van der Waals surface area contributed by atoms with Gasteiger partial charge in [0.15, 0.2) is 5.58 Å². The zero-order valence-corrected chi connectivity index (χ0v) is 19.7. The Morgan fingerprint density at radius 2 is 1.50 bits per heavy atom. The van der Waals surface area contributed by atoms with Gasteiger partial charge in [-0.15, -0.1) is 0 Å². The van der Waals surface area contributed by atoms with E-state index in [1.807, 2.05) is 42.5 Å². The van der Waals surface area contributed by atoms with E-state index in [4.69, 9.17) is 13.9 Å². The van der Waals surface area contributed by atoms with E-state index < -0.39 is 11.9 Å². The Kier molecular flexibility index (Phi) is 6.19. The number of hydrogen-bond acceptors (Lipinski definition) is 7. The van der Waals surface area contributed by atoms with Crippen LogP contribution in [-0.2, 0) is 19.1 Å². The van der Waals surface area contributed by atoms with Crippen LogP contribution in [0.3, 0.4) is 0 Å². The molecule has 0 radical (unpaired) electrons. The van der Waals surface area contributed by atoms with Crippen molar-refractivity contribution in [1.29, 1.82) is 0 Å². The average Bonchev–Trinajstić information content (AvgIpc) is 3.23. The highest BCUT2D eigenvalue weighted by atomic mass is 16.5. The zero-order chi connectivity index (χ0) is 25.1. The van der Waals surface area contributed by atoms with E-state index in [2.05, 4.69) is 17.1 Å². The summed E-state index contributed by atoms with van der Waals surface area (Å²) in [6, 6.07) is 23.5. The number of ether oxygens (including phenoxy) is 2. The number of hydrogen-bond donors (Lipinski definition) is 0. The van der Waals surface area contributed by atoms with E-state index in [9.17, 15) is 9.59 Å². The Labute approximate surface area is 207 Å². The average molecular weight is 479 g/mol. The van der Waals surface area contributed by atoms with Crippen molar-refractivity contribution in [2.24, 2.45) is 0 Å². The van der Waals surface area contributed by atoms with E-state index in [1.165, 1.54) is 20.3 Å². The fourth-order valence-corrected chi connectivity index (χ4v) is 3.99. The van der Waals surface area contributed by atoms with Crippen LogP contribution in [0.1, 0.15) is 0 Å². The summed E-state index contributed by atoms with van der Waals surface area (Å²) >= 11 is 0. The van der Waals surface area contributed by atoms with Crippen LogP contribution >= 0.6 is 0 Å². The summed E-state index contributed by atoms with van der Waals surface area (Å²) in [5.74, 6) is -0.844. The van der Waals surface area contributed by atoms with E-state index in [1.54, 1.807) is 41.5 Å². The molecule has 1 aliphatic heterocycles. The third-order valence-corrected chi connectivity index (χ3v) is 5.78. The molecule has 178 valence electrons. The lowest BCUT2D eigenvalue weighted by molar-refractivity contribution is -0.139. The maximum Gasteiger partial charge on any atom is 0.355 e. The summed E-state index contributed by atoms with van der Waals surface area (Å²) in [6.07, 6.45) is 6.55. The van der Waals surface area contributed by atoms with Crippen molar-refractivity contribution < 1.29 is 23.5 Å². The molecule has 1 aromatic heterocycles. The summed E-state index contributed by atoms with van der Waals surface area (Å²) in [4.78, 5) is 31.3. The Balaban J connectivity index is 1.52. The summed E-state index contributed by atoms with van der Waals surface area (Å²) in [6.45, 7) is 0. The van der Waals surface area contributed by atoms with Crippen molar-refractivity contribution in [2.75, 3.05) is 19.1 Å². The maximum atomic E-state index is 12.7. The second kappa shape index (κ2) is 9.76. The van der Waals surface area contributed by atoms with Crippen LogP contribution in [0.15, 0.2) is 113 Å². The van der Waals surface area contributed by atoms with Gasteiger partial charge in [0.2, 0.25) is 5.89 Å². The molecule has 36 heavy (non-hydrogen) atoms. The molecule has 4 aromatic rings. The summed E-state index contributed by atoms with van der Waals surface area (Å²) < 4.78 is 15.8. The molecule has 0 saturated carbocycles. The molecule has 0 amide bonds. The molecule has 0 bridgehead atoms. The highest BCUT2D eigenvalue weighted by molar-refractivity contribution is 6.05. The van der Waals surface area contributed by atoms with Crippen molar-refractivity contribution in [2.45, 2.75) is 0 Å². The number of methoxy groups -OCH3 is 2. The van der Waals surface area contributed by atoms with E-state index >= 15 is 0 Å². The number of benzene rings is 3. The fraction of sp³-hybridized carbons (Fsp3) is 0.0690. The predicted molar refractivity (Wildman–Crippen MR) is 137 cm³/mol. The van der Waals surface area contributed by atoms with Gasteiger partial charge in [0.25, 0.3) is 0 Å². The molecule has 1 aliphatic rings. The van der Waals surface area contributed by atoms with Gasteiger partial charge in [-0.3, -0.25) is 0 Å². The van der Waals surface area contributed by atoms with Gasteiger partial charge < -0.3 is 18.8 Å². The second-order valence-electron chi connectivity index (χ2n) is 7.93. The Morgan fingerprint density at radius 3 is 2.22 bits per heavy atom. The Bertz CT molecular complexity index is 1530. The third-order valence-electron chi connectivity index (χ3n) is 5.78. The molecule has 0 atom stereocenters. The number of allylic oxidation sites excluding steroid dienone is 2. The smallest absolute Gasteiger partial charge is 0.355 e. The molecule has 5 rings (SSSR count). The molecular weight excluding hydrogens is 456 g/mol. The van der Waals surface area contributed by atoms with E-state index in [-0.39, 0.29) is 11.3 Å². The molecule has 3 aromatic carbocycles. The zero-order valence-electron chi connectivity index (χ0n) is 19.7. The first kappa shape index (κ1) is 22.9. The fourth-order valence-electron chi connectivity index (χ4n) is 3.99. The maximum absolute atomic E-state index is 12.7. The Morgan fingerprint density at radius 1 is 0.806 bits per heavy atom. The second-order valence-corrected chi connectivity index (χ2v) is 7.93. The van der Waals surface area contributed by atoms with Crippen LogP contribution in [0.4, 0.5) is 5.69 Å². The topological polar surface area (TPSA) is 81.9 Å². The van der Waals surface area contributed by atoms with Crippen molar-refractivity contribution in [3.8, 4) is 22.6 Å². The van der Waals surface area contributed by atoms with Crippen molar-refractivity contribution in [1.82, 2.24) is 4.98 Å². The number of rotatable bonds is 5. The highest BCUT2D eigenvalue weighted by Crippen LogP contribution is 2.32. The largest absolute Gasteiger partial charge is 0.465 e. The quantitative estimate of drug-likeness (QED) is 0.343. The predicted octanol–water partition coefficient (Wildman–Crippen LogP) is 5.65. The minimum absolute atomic E-state index is 0.0360. The van der Waals surface area contributed by atoms with Crippen LogP contribution in [0, 0.1) is 0 Å². The van der Waals surface area contributed by atoms with Crippen LogP contribution in [0.25, 0.3) is 33.7 Å². The van der Waals surface area contributed by atoms with Crippen molar-refractivity contribution in [3.63, 3.8) is 0 Å². The van der Waals surface area contributed by atoms with Crippen LogP contribution in [-0.4, -0.2) is 31.1 Å². The molecule has 2 heterocycles. The Hall–Kier alpha value is -4.91. The third kappa shape index (κ3) is 4.30. The van der Waals surface area contributed by atoms with Crippen LogP contribution in [0.5, 0.6) is 0 Å². The number of aromatic nitrogens is 1. The lowest BCUT2D eigenvalue weighted by Gasteiger charge is -2.22. The van der Waals surface area contributed by atoms with Crippen molar-refractivity contribution >= 4 is 28.7 Å². The van der Waals surface area contributed by atoms with Crippen LogP contribution in [0.2, 0.25) is 0 Å². The minimum Gasteiger partial charge on any atom is -0.465 e. The van der Waals surface area contributed by atoms with Gasteiger partial charge in [0.05, 0.1) is 19.8 Å². The highest BCUT2D eigenvalue weighted by Gasteiger charge is 2.27. The number of nitrogens with zero attached hydrogens (tertiary/aromatic N) is 2. The molecule has 0 fully saturated rings. The van der Waals surface area contributed by atoms with Gasteiger partial charge in [-0.05, 0) is 53.6 Å². The number of esters is 2. The van der Waals surface area contributed by atoms with E-state index in [0.29, 0.717) is 22.7 Å². The molecule has 7 heteroatoms. The van der Waals surface area contributed by atoms with Crippen LogP contribution < -0.4 is 4.90 Å². The van der Waals surface area contributed by atoms with Gasteiger partial charge in [0, 0.05) is 17.5 Å². The number of fused-ring (bicyclic) bond motifs is 1. The number of anilines is 1. The summed E-state index contributed by atoms with van der Waals surface area (Å²) in [5.41, 5.74) is 4.98. The standard InChI is InChI=1S/C29H22N2O5/c1-34-28(32)23-10-6-7-17-31(26(23)29(33)35-2)22-15-16-25-24(18-22)30-27(36-25)21-13-11-20(12-14-21)19-8-4-3-5-9-19/h3-18H,1-2H3.